The normalized spacial score (nSPS) is 11.3. The summed E-state index contributed by atoms with van der Waals surface area (Å²) in [4.78, 5) is 1.69. The van der Waals surface area contributed by atoms with Crippen LogP contribution in [0.1, 0.15) is 16.7 Å². The molecule has 3 rings (SSSR count). The van der Waals surface area contributed by atoms with Crippen molar-refractivity contribution in [3.8, 4) is 5.69 Å². The standard InChI is InChI=1S/C15H14BrIN4/c1-7-6-12(8(2)4-10(7)17)21-19-11-5-9(3)14(18)13(16)15(11)20-21/h4-6H,18H2,1-3H3. The maximum Gasteiger partial charge on any atom is 0.129 e. The summed E-state index contributed by atoms with van der Waals surface area (Å²) in [5.74, 6) is 0. The Morgan fingerprint density at radius 1 is 1.05 bits per heavy atom. The maximum atomic E-state index is 6.04. The Balaban J connectivity index is 2.27. The fourth-order valence-electron chi connectivity index (χ4n) is 2.24. The number of nitrogens with zero attached hydrogens (tertiary/aromatic N) is 3. The van der Waals surface area contributed by atoms with Gasteiger partial charge < -0.3 is 5.73 Å². The number of rotatable bonds is 1. The molecule has 0 aliphatic heterocycles. The quantitative estimate of drug-likeness (QED) is 0.438. The third-order valence-electron chi connectivity index (χ3n) is 3.55. The molecule has 0 unspecified atom stereocenters. The van der Waals surface area contributed by atoms with Crippen LogP contribution in [0.3, 0.4) is 0 Å². The molecule has 21 heavy (non-hydrogen) atoms. The molecule has 0 fully saturated rings. The molecule has 2 aromatic carbocycles. The monoisotopic (exact) mass is 456 g/mol. The van der Waals surface area contributed by atoms with Gasteiger partial charge in [0.2, 0.25) is 0 Å². The first-order chi connectivity index (χ1) is 9.88. The molecule has 0 atom stereocenters. The molecule has 0 saturated carbocycles. The van der Waals surface area contributed by atoms with Gasteiger partial charge in [-0.1, -0.05) is 0 Å². The van der Waals surface area contributed by atoms with Crippen molar-refractivity contribution >= 4 is 55.2 Å². The largest absolute Gasteiger partial charge is 0.398 e. The first-order valence-corrected chi connectivity index (χ1v) is 8.34. The highest BCUT2D eigenvalue weighted by atomic mass is 127. The van der Waals surface area contributed by atoms with E-state index in [0.29, 0.717) is 5.69 Å². The van der Waals surface area contributed by atoms with Crippen LogP contribution >= 0.6 is 38.5 Å². The van der Waals surface area contributed by atoms with Gasteiger partial charge in [-0.3, -0.25) is 0 Å². The van der Waals surface area contributed by atoms with Crippen molar-refractivity contribution < 1.29 is 0 Å². The second kappa shape index (κ2) is 5.24. The van der Waals surface area contributed by atoms with E-state index in [1.807, 2.05) is 13.0 Å². The van der Waals surface area contributed by atoms with Gasteiger partial charge in [-0.2, -0.15) is 4.80 Å². The summed E-state index contributed by atoms with van der Waals surface area (Å²) in [5, 5.41) is 9.19. The molecule has 4 nitrogen and oxygen atoms in total. The van der Waals surface area contributed by atoms with Gasteiger partial charge in [0.25, 0.3) is 0 Å². The minimum Gasteiger partial charge on any atom is -0.398 e. The summed E-state index contributed by atoms with van der Waals surface area (Å²) in [5.41, 5.74) is 12.7. The third-order valence-corrected chi connectivity index (χ3v) is 5.52. The van der Waals surface area contributed by atoms with Gasteiger partial charge in [-0.15, -0.1) is 10.2 Å². The Labute approximate surface area is 145 Å². The van der Waals surface area contributed by atoms with E-state index < -0.39 is 0 Å². The Hall–Kier alpha value is -1.15. The number of halogens is 2. The lowest BCUT2D eigenvalue weighted by molar-refractivity contribution is 0.759. The van der Waals surface area contributed by atoms with E-state index in [-0.39, 0.29) is 0 Å². The Kier molecular flexibility index (Phi) is 3.69. The molecule has 0 aliphatic rings. The van der Waals surface area contributed by atoms with Crippen LogP contribution in [0, 0.1) is 24.3 Å². The summed E-state index contributed by atoms with van der Waals surface area (Å²) in [6.45, 7) is 6.13. The van der Waals surface area contributed by atoms with Gasteiger partial charge in [0.15, 0.2) is 0 Å². The number of nitrogens with two attached hydrogens (primary N) is 1. The van der Waals surface area contributed by atoms with Crippen molar-refractivity contribution in [3.63, 3.8) is 0 Å². The second-order valence-corrected chi connectivity index (χ2v) is 7.12. The predicted octanol–water partition coefficient (Wildman–Crippen LogP) is 4.30. The third kappa shape index (κ3) is 2.44. The fraction of sp³-hybridized carbons (Fsp3) is 0.200. The van der Waals surface area contributed by atoms with E-state index in [1.54, 1.807) is 4.80 Å². The molecule has 108 valence electrons. The van der Waals surface area contributed by atoms with E-state index in [9.17, 15) is 0 Å². The van der Waals surface area contributed by atoms with Crippen molar-refractivity contribution in [2.24, 2.45) is 0 Å². The molecule has 0 bridgehead atoms. The minimum absolute atomic E-state index is 0.713. The Morgan fingerprint density at radius 3 is 2.48 bits per heavy atom. The molecule has 0 saturated heterocycles. The molecule has 0 aliphatic carbocycles. The summed E-state index contributed by atoms with van der Waals surface area (Å²) in [6.07, 6.45) is 0. The van der Waals surface area contributed by atoms with Crippen molar-refractivity contribution in [3.05, 3.63) is 42.9 Å². The van der Waals surface area contributed by atoms with E-state index in [4.69, 9.17) is 5.73 Å². The van der Waals surface area contributed by atoms with Crippen molar-refractivity contribution in [1.29, 1.82) is 0 Å². The van der Waals surface area contributed by atoms with Crippen LogP contribution in [0.25, 0.3) is 16.7 Å². The van der Waals surface area contributed by atoms with Crippen LogP contribution in [-0.2, 0) is 0 Å². The number of hydrogen-bond donors (Lipinski definition) is 1. The summed E-state index contributed by atoms with van der Waals surface area (Å²) >= 11 is 5.86. The molecule has 6 heteroatoms. The Morgan fingerprint density at radius 2 is 1.76 bits per heavy atom. The molecular formula is C15H14BrIN4. The molecule has 0 spiro atoms. The summed E-state index contributed by atoms with van der Waals surface area (Å²) < 4.78 is 2.05. The molecule has 0 amide bonds. The molecule has 3 aromatic rings. The molecule has 2 N–H and O–H groups in total. The lowest BCUT2D eigenvalue weighted by Gasteiger charge is -2.07. The van der Waals surface area contributed by atoms with Gasteiger partial charge >= 0.3 is 0 Å². The zero-order valence-electron chi connectivity index (χ0n) is 11.9. The summed E-state index contributed by atoms with van der Waals surface area (Å²) in [6, 6.07) is 6.22. The number of aromatic nitrogens is 3. The van der Waals surface area contributed by atoms with Crippen LogP contribution in [0.5, 0.6) is 0 Å². The van der Waals surface area contributed by atoms with Gasteiger partial charge in [0.1, 0.15) is 11.0 Å². The van der Waals surface area contributed by atoms with E-state index in [1.165, 1.54) is 9.13 Å². The van der Waals surface area contributed by atoms with E-state index in [2.05, 4.69) is 74.7 Å². The highest BCUT2D eigenvalue weighted by Crippen LogP contribution is 2.31. The van der Waals surface area contributed by atoms with Crippen molar-refractivity contribution in [2.75, 3.05) is 5.73 Å². The van der Waals surface area contributed by atoms with E-state index >= 15 is 0 Å². The van der Waals surface area contributed by atoms with Gasteiger partial charge in [0, 0.05) is 3.57 Å². The van der Waals surface area contributed by atoms with Crippen LogP contribution in [0.15, 0.2) is 22.7 Å². The van der Waals surface area contributed by atoms with E-state index in [0.717, 1.165) is 32.3 Å². The highest BCUT2D eigenvalue weighted by molar-refractivity contribution is 14.1. The SMILES string of the molecule is Cc1cc(-n2nc3cc(C)c(N)c(Br)c3n2)c(C)cc1I. The second-order valence-electron chi connectivity index (χ2n) is 5.17. The first-order valence-electron chi connectivity index (χ1n) is 6.47. The topological polar surface area (TPSA) is 56.7 Å². The number of anilines is 1. The minimum atomic E-state index is 0.713. The number of fused-ring (bicyclic) bond motifs is 1. The smallest absolute Gasteiger partial charge is 0.129 e. The van der Waals surface area contributed by atoms with Crippen molar-refractivity contribution in [2.45, 2.75) is 20.8 Å². The van der Waals surface area contributed by atoms with Crippen LogP contribution in [0.2, 0.25) is 0 Å². The van der Waals surface area contributed by atoms with Crippen LogP contribution in [0.4, 0.5) is 5.69 Å². The lowest BCUT2D eigenvalue weighted by atomic mass is 10.1. The van der Waals surface area contributed by atoms with Gasteiger partial charge in [-0.25, -0.2) is 0 Å². The highest BCUT2D eigenvalue weighted by Gasteiger charge is 2.14. The van der Waals surface area contributed by atoms with Gasteiger partial charge in [0.05, 0.1) is 15.8 Å². The maximum absolute atomic E-state index is 6.04. The van der Waals surface area contributed by atoms with Crippen molar-refractivity contribution in [1.82, 2.24) is 15.0 Å². The van der Waals surface area contributed by atoms with Crippen LogP contribution in [-0.4, -0.2) is 15.0 Å². The average Bonchev–Trinajstić information content (AvgIpc) is 2.84. The Bertz CT molecular complexity index is 870. The molecule has 1 aromatic heterocycles. The van der Waals surface area contributed by atoms with Gasteiger partial charge in [-0.05, 0) is 94.2 Å². The lowest BCUT2D eigenvalue weighted by Crippen LogP contribution is -2.02. The molecule has 0 radical (unpaired) electrons. The molecule has 1 heterocycles. The zero-order chi connectivity index (χ0) is 15.3. The molecular weight excluding hydrogens is 443 g/mol. The fourth-order valence-corrected chi connectivity index (χ4v) is 3.46. The number of nitrogen functional groups attached to an aromatic ring is 1. The zero-order valence-corrected chi connectivity index (χ0v) is 15.7. The predicted molar refractivity (Wildman–Crippen MR) is 97.9 cm³/mol. The first kappa shape index (κ1) is 14.8. The number of benzene rings is 2. The van der Waals surface area contributed by atoms with Crippen LogP contribution < -0.4 is 5.73 Å². The number of hydrogen-bond acceptors (Lipinski definition) is 3. The average molecular weight is 457 g/mol. The summed E-state index contributed by atoms with van der Waals surface area (Å²) in [7, 11) is 0. The number of aryl methyl sites for hydroxylation is 3.